The van der Waals surface area contributed by atoms with Gasteiger partial charge in [0.05, 0.1) is 0 Å². The van der Waals surface area contributed by atoms with Crippen LogP contribution in [0.5, 0.6) is 0 Å². The number of fused-ring (bicyclic) bond motifs is 1. The third-order valence-electron chi connectivity index (χ3n) is 2.92. The van der Waals surface area contributed by atoms with Gasteiger partial charge >= 0.3 is 0 Å². The maximum absolute atomic E-state index is 11.4. The number of carbonyl (C=O) groups is 1. The van der Waals surface area contributed by atoms with Crippen LogP contribution in [0.1, 0.15) is 20.3 Å². The molecule has 0 bridgehead atoms. The van der Waals surface area contributed by atoms with E-state index in [4.69, 9.17) is 0 Å². The monoisotopic (exact) mass is 245 g/mol. The predicted octanol–water partition coefficient (Wildman–Crippen LogP) is 2.20. The molecule has 4 nitrogen and oxygen atoms in total. The first-order chi connectivity index (χ1) is 8.68. The summed E-state index contributed by atoms with van der Waals surface area (Å²) in [5.74, 6) is 0.171. The minimum Gasteiger partial charge on any atom is -0.356 e. The van der Waals surface area contributed by atoms with Crippen molar-refractivity contribution in [1.82, 2.24) is 14.9 Å². The minimum atomic E-state index is 0.0547. The van der Waals surface area contributed by atoms with Crippen molar-refractivity contribution in [1.29, 1.82) is 0 Å². The number of hydrogen-bond acceptors (Lipinski definition) is 2. The summed E-state index contributed by atoms with van der Waals surface area (Å²) in [5.41, 5.74) is 1.01. The zero-order chi connectivity index (χ0) is 13.0. The molecule has 0 spiro atoms. The van der Waals surface area contributed by atoms with Gasteiger partial charge in [0.2, 0.25) is 5.91 Å². The van der Waals surface area contributed by atoms with Gasteiger partial charge in [-0.25, -0.2) is 4.98 Å². The summed E-state index contributed by atoms with van der Waals surface area (Å²) in [4.78, 5) is 15.7. The van der Waals surface area contributed by atoms with Crippen LogP contribution in [-0.2, 0) is 11.3 Å². The molecular formula is C14H19N3O. The van der Waals surface area contributed by atoms with Crippen LogP contribution < -0.4 is 5.32 Å². The Balaban J connectivity index is 1.85. The quantitative estimate of drug-likeness (QED) is 0.821. The predicted molar refractivity (Wildman–Crippen MR) is 72.2 cm³/mol. The number of nitrogens with zero attached hydrogens (tertiary/aromatic N) is 2. The lowest BCUT2D eigenvalue weighted by molar-refractivity contribution is -0.123. The second-order valence-corrected chi connectivity index (χ2v) is 4.72. The molecule has 1 N–H and O–H groups in total. The fraction of sp³-hybridized carbons (Fsp3) is 0.429. The molecular weight excluding hydrogens is 226 g/mol. The maximum Gasteiger partial charge on any atom is 0.222 e. The van der Waals surface area contributed by atoms with E-state index in [1.807, 2.05) is 26.1 Å². The van der Waals surface area contributed by atoms with Gasteiger partial charge in [-0.15, -0.1) is 0 Å². The van der Waals surface area contributed by atoms with Gasteiger partial charge in [0.25, 0.3) is 0 Å². The number of nitrogens with one attached hydrogen (secondary N) is 1. The topological polar surface area (TPSA) is 46.9 Å². The Morgan fingerprint density at radius 1 is 1.44 bits per heavy atom. The Morgan fingerprint density at radius 2 is 2.28 bits per heavy atom. The molecule has 0 aromatic carbocycles. The van der Waals surface area contributed by atoms with Crippen molar-refractivity contribution in [2.75, 3.05) is 6.54 Å². The minimum absolute atomic E-state index is 0.0547. The van der Waals surface area contributed by atoms with Gasteiger partial charge < -0.3 is 9.88 Å². The molecule has 0 fully saturated rings. The van der Waals surface area contributed by atoms with E-state index in [9.17, 15) is 4.79 Å². The molecule has 0 aliphatic carbocycles. The highest BCUT2D eigenvalue weighted by Gasteiger charge is 2.05. The van der Waals surface area contributed by atoms with E-state index in [2.05, 4.69) is 27.0 Å². The average molecular weight is 245 g/mol. The van der Waals surface area contributed by atoms with Crippen LogP contribution in [0.4, 0.5) is 0 Å². The fourth-order valence-corrected chi connectivity index (χ4v) is 1.87. The molecule has 2 heterocycles. The van der Waals surface area contributed by atoms with E-state index in [0.29, 0.717) is 6.54 Å². The lowest BCUT2D eigenvalue weighted by Crippen LogP contribution is -2.29. The van der Waals surface area contributed by atoms with E-state index < -0.39 is 0 Å². The van der Waals surface area contributed by atoms with Gasteiger partial charge in [0.1, 0.15) is 5.65 Å². The van der Waals surface area contributed by atoms with E-state index in [1.54, 1.807) is 6.20 Å². The molecule has 0 aliphatic rings. The van der Waals surface area contributed by atoms with Gasteiger partial charge in [-0.3, -0.25) is 4.79 Å². The van der Waals surface area contributed by atoms with Crippen molar-refractivity contribution >= 4 is 16.9 Å². The van der Waals surface area contributed by atoms with Gasteiger partial charge in [-0.05, 0) is 24.6 Å². The van der Waals surface area contributed by atoms with Gasteiger partial charge in [-0.1, -0.05) is 13.8 Å². The third-order valence-corrected chi connectivity index (χ3v) is 2.92. The van der Waals surface area contributed by atoms with Crippen LogP contribution in [-0.4, -0.2) is 22.0 Å². The largest absolute Gasteiger partial charge is 0.356 e. The molecule has 2 aromatic heterocycles. The van der Waals surface area contributed by atoms with E-state index >= 15 is 0 Å². The first kappa shape index (κ1) is 12.6. The van der Waals surface area contributed by atoms with Crippen molar-refractivity contribution in [3.63, 3.8) is 0 Å². The van der Waals surface area contributed by atoms with Crippen molar-refractivity contribution < 1.29 is 4.79 Å². The summed E-state index contributed by atoms with van der Waals surface area (Å²) >= 11 is 0. The molecule has 1 amide bonds. The highest BCUT2D eigenvalue weighted by atomic mass is 16.1. The van der Waals surface area contributed by atoms with Crippen LogP contribution in [0, 0.1) is 5.92 Å². The van der Waals surface area contributed by atoms with Crippen LogP contribution in [0.15, 0.2) is 30.6 Å². The van der Waals surface area contributed by atoms with Crippen molar-refractivity contribution in [3.05, 3.63) is 30.6 Å². The van der Waals surface area contributed by atoms with Crippen LogP contribution in [0.25, 0.3) is 11.0 Å². The third kappa shape index (κ3) is 2.88. The van der Waals surface area contributed by atoms with E-state index in [-0.39, 0.29) is 11.8 Å². The number of hydrogen-bond donors (Lipinski definition) is 1. The first-order valence-corrected chi connectivity index (χ1v) is 6.36. The van der Waals surface area contributed by atoms with Crippen LogP contribution in [0.3, 0.4) is 0 Å². The lowest BCUT2D eigenvalue weighted by Gasteiger charge is -2.08. The Hall–Kier alpha value is -1.84. The highest BCUT2D eigenvalue weighted by molar-refractivity contribution is 5.77. The maximum atomic E-state index is 11.4. The number of aromatic nitrogens is 2. The summed E-state index contributed by atoms with van der Waals surface area (Å²) in [6, 6.07) is 6.06. The molecule has 96 valence electrons. The molecule has 0 saturated carbocycles. The van der Waals surface area contributed by atoms with E-state index in [1.165, 1.54) is 0 Å². The number of rotatable bonds is 5. The molecule has 2 rings (SSSR count). The Morgan fingerprint density at radius 3 is 3.06 bits per heavy atom. The molecule has 0 radical (unpaired) electrons. The van der Waals surface area contributed by atoms with Gasteiger partial charge in [0, 0.05) is 36.8 Å². The molecule has 0 saturated heterocycles. The van der Waals surface area contributed by atoms with Crippen molar-refractivity contribution in [2.24, 2.45) is 5.92 Å². The Bertz CT molecular complexity index is 531. The summed E-state index contributed by atoms with van der Waals surface area (Å²) in [7, 11) is 0. The standard InChI is InChI=1S/C14H19N3O/c1-11(2)14(18)16-8-4-9-17-10-6-12-5-3-7-15-13(12)17/h3,5-7,10-11H,4,8-9H2,1-2H3,(H,16,18). The Labute approximate surface area is 107 Å². The van der Waals surface area contributed by atoms with E-state index in [0.717, 1.165) is 24.0 Å². The SMILES string of the molecule is CC(C)C(=O)NCCCn1ccc2cccnc21. The van der Waals surface area contributed by atoms with Crippen LogP contribution >= 0.6 is 0 Å². The molecule has 18 heavy (non-hydrogen) atoms. The molecule has 0 unspecified atom stereocenters. The van der Waals surface area contributed by atoms with Gasteiger partial charge in [-0.2, -0.15) is 0 Å². The highest BCUT2D eigenvalue weighted by Crippen LogP contribution is 2.12. The summed E-state index contributed by atoms with van der Waals surface area (Å²) in [6.07, 6.45) is 4.76. The fourth-order valence-electron chi connectivity index (χ4n) is 1.87. The van der Waals surface area contributed by atoms with Crippen molar-refractivity contribution in [3.8, 4) is 0 Å². The number of amides is 1. The molecule has 0 aliphatic heterocycles. The average Bonchev–Trinajstić information content (AvgIpc) is 2.77. The summed E-state index contributed by atoms with van der Waals surface area (Å²) in [6.45, 7) is 5.39. The van der Waals surface area contributed by atoms with Crippen LogP contribution in [0.2, 0.25) is 0 Å². The second-order valence-electron chi connectivity index (χ2n) is 4.72. The molecule has 2 aromatic rings. The normalized spacial score (nSPS) is 11.1. The summed E-state index contributed by atoms with van der Waals surface area (Å²) in [5, 5.41) is 4.08. The zero-order valence-electron chi connectivity index (χ0n) is 10.9. The smallest absolute Gasteiger partial charge is 0.222 e. The Kier molecular flexibility index (Phi) is 3.97. The number of carbonyl (C=O) groups excluding carboxylic acids is 1. The second kappa shape index (κ2) is 5.67. The number of pyridine rings is 1. The first-order valence-electron chi connectivity index (χ1n) is 6.36. The lowest BCUT2D eigenvalue weighted by atomic mass is 10.2. The number of aryl methyl sites for hydroxylation is 1. The molecule has 4 heteroatoms. The summed E-state index contributed by atoms with van der Waals surface area (Å²) < 4.78 is 2.12. The van der Waals surface area contributed by atoms with Gasteiger partial charge in [0.15, 0.2) is 0 Å². The molecule has 0 atom stereocenters. The zero-order valence-corrected chi connectivity index (χ0v) is 10.9. The van der Waals surface area contributed by atoms with Crippen molar-refractivity contribution in [2.45, 2.75) is 26.8 Å².